The quantitative estimate of drug-likeness (QED) is 0.168. The van der Waals surface area contributed by atoms with E-state index in [2.05, 4.69) is 0 Å². The van der Waals surface area contributed by atoms with Gasteiger partial charge >= 0.3 is 23.2 Å². The number of rotatable bonds is 10. The van der Waals surface area contributed by atoms with Gasteiger partial charge in [0.25, 0.3) is 0 Å². The fourth-order valence-electron chi connectivity index (χ4n) is 5.47. The first-order valence-electron chi connectivity index (χ1n) is 15.1. The van der Waals surface area contributed by atoms with Crippen molar-refractivity contribution >= 4 is 33.5 Å². The van der Waals surface area contributed by atoms with Crippen molar-refractivity contribution in [3.05, 3.63) is 140 Å². The molecule has 12 heteroatoms. The molecule has 2 N–H and O–H groups in total. The first-order chi connectivity index (χ1) is 24.1. The van der Waals surface area contributed by atoms with Crippen molar-refractivity contribution in [1.82, 2.24) is 0 Å². The van der Waals surface area contributed by atoms with E-state index in [1.54, 1.807) is 60.7 Å². The van der Waals surface area contributed by atoms with Crippen molar-refractivity contribution in [2.24, 2.45) is 0 Å². The molecule has 0 unspecified atom stereocenters. The van der Waals surface area contributed by atoms with E-state index >= 15 is 0 Å². The number of methoxy groups -OCH3 is 4. The number of benzene rings is 4. The summed E-state index contributed by atoms with van der Waals surface area (Å²) in [6.45, 7) is 0. The van der Waals surface area contributed by atoms with Gasteiger partial charge in [-0.25, -0.2) is 19.2 Å². The van der Waals surface area contributed by atoms with E-state index in [1.807, 2.05) is 12.1 Å². The van der Waals surface area contributed by atoms with Crippen LogP contribution in [0.15, 0.2) is 103 Å². The van der Waals surface area contributed by atoms with Crippen LogP contribution in [0.3, 0.4) is 0 Å². The zero-order chi connectivity index (χ0) is 35.9. The van der Waals surface area contributed by atoms with Gasteiger partial charge in [-0.1, -0.05) is 36.4 Å². The number of fused-ring (bicyclic) bond motifs is 2. The zero-order valence-corrected chi connectivity index (χ0v) is 27.5. The molecule has 50 heavy (non-hydrogen) atoms. The van der Waals surface area contributed by atoms with E-state index in [0.717, 1.165) is 5.39 Å². The van der Waals surface area contributed by atoms with Crippen molar-refractivity contribution in [1.29, 1.82) is 0 Å². The third-order valence-electron chi connectivity index (χ3n) is 7.87. The summed E-state index contributed by atoms with van der Waals surface area (Å²) in [5.41, 5.74) is 0.188. The van der Waals surface area contributed by atoms with Crippen LogP contribution < -0.4 is 30.2 Å². The van der Waals surface area contributed by atoms with Crippen LogP contribution in [0.4, 0.5) is 0 Å². The van der Waals surface area contributed by atoms with Gasteiger partial charge in [-0.3, -0.25) is 0 Å². The highest BCUT2D eigenvalue weighted by atomic mass is 16.5. The lowest BCUT2D eigenvalue weighted by atomic mass is 10.00. The van der Waals surface area contributed by atoms with Crippen LogP contribution in [-0.2, 0) is 12.8 Å². The lowest BCUT2D eigenvalue weighted by Gasteiger charge is -2.14. The summed E-state index contributed by atoms with van der Waals surface area (Å²) in [7, 11) is 5.83. The number of carboxylic acid groups (broad SMARTS) is 2. The van der Waals surface area contributed by atoms with Gasteiger partial charge in [0.2, 0.25) is 0 Å². The largest absolute Gasteiger partial charge is 0.497 e. The first kappa shape index (κ1) is 34.8. The Bertz CT molecular complexity index is 2330. The highest BCUT2D eigenvalue weighted by Crippen LogP contribution is 2.34. The van der Waals surface area contributed by atoms with E-state index in [9.17, 15) is 29.4 Å². The van der Waals surface area contributed by atoms with E-state index in [1.165, 1.54) is 40.6 Å². The molecule has 0 bridgehead atoms. The number of carbonyl (C=O) groups is 2. The molecule has 0 aliphatic carbocycles. The van der Waals surface area contributed by atoms with Gasteiger partial charge in [-0.2, -0.15) is 0 Å². The molecule has 0 saturated carbocycles. The maximum Gasteiger partial charge on any atom is 0.344 e. The zero-order valence-electron chi connectivity index (χ0n) is 27.5. The lowest BCUT2D eigenvalue weighted by molar-refractivity contribution is 0.0684. The molecule has 0 fully saturated rings. The first-order valence-corrected chi connectivity index (χ1v) is 15.1. The lowest BCUT2D eigenvalue weighted by Crippen LogP contribution is -2.09. The van der Waals surface area contributed by atoms with Gasteiger partial charge < -0.3 is 38.0 Å². The molecular formula is C38H32O12. The highest BCUT2D eigenvalue weighted by molar-refractivity contribution is 5.92. The van der Waals surface area contributed by atoms with Crippen molar-refractivity contribution < 1.29 is 47.6 Å². The summed E-state index contributed by atoms with van der Waals surface area (Å²) in [6, 6.07) is 23.5. The Balaban J connectivity index is 0.000000204. The van der Waals surface area contributed by atoms with Crippen LogP contribution in [-0.4, -0.2) is 50.6 Å². The third kappa shape index (κ3) is 7.44. The summed E-state index contributed by atoms with van der Waals surface area (Å²) in [5, 5.41) is 20.9. The molecule has 0 amide bonds. The Labute approximate surface area is 284 Å². The summed E-state index contributed by atoms with van der Waals surface area (Å²) in [4.78, 5) is 47.4. The smallest absolute Gasteiger partial charge is 0.344 e. The predicted molar refractivity (Wildman–Crippen MR) is 184 cm³/mol. The van der Waals surface area contributed by atoms with Crippen molar-refractivity contribution in [2.45, 2.75) is 12.8 Å². The van der Waals surface area contributed by atoms with E-state index in [0.29, 0.717) is 56.0 Å². The molecule has 0 saturated heterocycles. The topological polar surface area (TPSA) is 172 Å². The summed E-state index contributed by atoms with van der Waals surface area (Å²) < 4.78 is 31.8. The molecule has 0 aliphatic rings. The minimum Gasteiger partial charge on any atom is -0.497 e. The molecule has 0 radical (unpaired) electrons. The minimum absolute atomic E-state index is 0.00866. The molecule has 12 nitrogen and oxygen atoms in total. The van der Waals surface area contributed by atoms with Gasteiger partial charge in [0, 0.05) is 35.9 Å². The van der Waals surface area contributed by atoms with Crippen LogP contribution in [0.25, 0.3) is 21.5 Å². The van der Waals surface area contributed by atoms with Gasteiger partial charge in [0.05, 0.1) is 50.3 Å². The van der Waals surface area contributed by atoms with Crippen LogP contribution in [0.1, 0.15) is 43.4 Å². The summed E-state index contributed by atoms with van der Waals surface area (Å²) in [5.74, 6) is 0.122. The van der Waals surface area contributed by atoms with Crippen molar-refractivity contribution in [2.75, 3.05) is 28.4 Å². The fourth-order valence-corrected chi connectivity index (χ4v) is 5.47. The molecule has 6 rings (SSSR count). The van der Waals surface area contributed by atoms with Gasteiger partial charge in [0.15, 0.2) is 0 Å². The molecular weight excluding hydrogens is 648 g/mol. The Kier molecular flexibility index (Phi) is 10.5. The number of carboxylic acids is 2. The van der Waals surface area contributed by atoms with Gasteiger partial charge in [-0.05, 0) is 47.3 Å². The second kappa shape index (κ2) is 15.1. The predicted octanol–water partition coefficient (Wildman–Crippen LogP) is 6.20. The number of hydrogen-bond donors (Lipinski definition) is 2. The summed E-state index contributed by atoms with van der Waals surface area (Å²) in [6.07, 6.45) is 0.289. The third-order valence-corrected chi connectivity index (χ3v) is 7.87. The van der Waals surface area contributed by atoms with Gasteiger partial charge in [-0.15, -0.1) is 0 Å². The molecule has 0 aliphatic heterocycles. The fraction of sp³-hybridized carbons (Fsp3) is 0.158. The van der Waals surface area contributed by atoms with Crippen LogP contribution in [0.2, 0.25) is 0 Å². The number of hydrogen-bond acceptors (Lipinski definition) is 10. The average molecular weight is 681 g/mol. The monoisotopic (exact) mass is 680 g/mol. The number of aromatic carboxylic acids is 2. The highest BCUT2D eigenvalue weighted by Gasteiger charge is 2.20. The Hall–Kier alpha value is -6.56. The molecule has 0 spiro atoms. The minimum atomic E-state index is -1.15. The second-order valence-electron chi connectivity index (χ2n) is 10.9. The van der Waals surface area contributed by atoms with E-state index in [4.69, 9.17) is 27.8 Å². The molecule has 2 heterocycles. The van der Waals surface area contributed by atoms with Crippen molar-refractivity contribution in [3.8, 4) is 23.0 Å². The second-order valence-corrected chi connectivity index (χ2v) is 10.9. The average Bonchev–Trinajstić information content (AvgIpc) is 3.11. The number of ether oxygens (including phenoxy) is 4. The maximum atomic E-state index is 12.6. The van der Waals surface area contributed by atoms with Crippen LogP contribution >= 0.6 is 0 Å². The SMILES string of the molecule is COc1cc(OC)c(Cc2cc3c(OC)cc(OC)cc3c(=O)o2)c(C(=O)O)c1.O=C(O)c1ccccc1Cc1cc2ccccc2c(=O)o1. The maximum absolute atomic E-state index is 12.6. The van der Waals surface area contributed by atoms with Gasteiger partial charge in [0.1, 0.15) is 34.5 Å². The molecule has 0 atom stereocenters. The van der Waals surface area contributed by atoms with E-state index < -0.39 is 23.2 Å². The Morgan fingerprint density at radius 1 is 0.580 bits per heavy atom. The molecule has 4 aromatic carbocycles. The van der Waals surface area contributed by atoms with Crippen molar-refractivity contribution in [3.63, 3.8) is 0 Å². The van der Waals surface area contributed by atoms with Crippen LogP contribution in [0.5, 0.6) is 23.0 Å². The standard InChI is InChI=1S/C21H20O8.C17H12O4/c1-25-11-5-16(20(22)23)14(18(9-11)27-3)7-13-8-15-17(21(24)29-13)6-12(26-2)10-19(15)28-4;18-16(19)14-7-3-1-5-11(14)9-13-10-12-6-2-4-8-15(12)17(20)21-13/h5-6,8-10H,7H2,1-4H3,(H,22,23);1-8,10H,9H2,(H,18,19). The molecule has 2 aromatic heterocycles. The summed E-state index contributed by atoms with van der Waals surface area (Å²) >= 11 is 0. The molecule has 6 aromatic rings. The van der Waals surface area contributed by atoms with E-state index in [-0.39, 0.29) is 29.7 Å². The Morgan fingerprint density at radius 3 is 1.82 bits per heavy atom. The molecule has 256 valence electrons. The van der Waals surface area contributed by atoms with Crippen LogP contribution in [0, 0.1) is 0 Å². The Morgan fingerprint density at radius 2 is 1.16 bits per heavy atom. The normalized spacial score (nSPS) is 10.6.